The van der Waals surface area contributed by atoms with Crippen molar-refractivity contribution < 1.29 is 14.3 Å². The third-order valence-corrected chi connectivity index (χ3v) is 2.87. The Balaban J connectivity index is 2.10. The van der Waals surface area contributed by atoms with E-state index in [1.165, 1.54) is 6.39 Å². The fraction of sp³-hybridized carbons (Fsp3) is 0.364. The van der Waals surface area contributed by atoms with E-state index in [-0.39, 0.29) is 0 Å². The van der Waals surface area contributed by atoms with Crippen LogP contribution in [0.5, 0.6) is 0 Å². The van der Waals surface area contributed by atoms with Crippen molar-refractivity contribution in [1.29, 1.82) is 0 Å². The molecular formula is C11H11NO3. The standard InChI is InChI=1S/C11H11NO3/c13-11(3-4-14-6-11)8-1-2-9-10(5-8)15-7-12-9/h1-2,5,7,13H,3-4,6H2. The molecule has 0 saturated carbocycles. The summed E-state index contributed by atoms with van der Waals surface area (Å²) in [6.45, 7) is 0.956. The molecule has 1 aromatic carbocycles. The smallest absolute Gasteiger partial charge is 0.181 e. The van der Waals surface area contributed by atoms with Gasteiger partial charge in [-0.05, 0) is 17.7 Å². The Morgan fingerprint density at radius 3 is 3.13 bits per heavy atom. The Labute approximate surface area is 86.5 Å². The quantitative estimate of drug-likeness (QED) is 0.765. The van der Waals surface area contributed by atoms with Gasteiger partial charge in [-0.15, -0.1) is 0 Å². The van der Waals surface area contributed by atoms with Gasteiger partial charge in [0.15, 0.2) is 12.0 Å². The first-order valence-electron chi connectivity index (χ1n) is 4.92. The van der Waals surface area contributed by atoms with E-state index in [9.17, 15) is 5.11 Å². The number of nitrogens with zero attached hydrogens (tertiary/aromatic N) is 1. The van der Waals surface area contributed by atoms with Crippen LogP contribution in [-0.2, 0) is 10.3 Å². The zero-order chi connectivity index (χ0) is 10.3. The summed E-state index contributed by atoms with van der Waals surface area (Å²) in [6.07, 6.45) is 2.04. The van der Waals surface area contributed by atoms with Crippen LogP contribution in [0.1, 0.15) is 12.0 Å². The summed E-state index contributed by atoms with van der Waals surface area (Å²) in [5.41, 5.74) is 1.49. The van der Waals surface area contributed by atoms with Gasteiger partial charge >= 0.3 is 0 Å². The third-order valence-electron chi connectivity index (χ3n) is 2.87. The summed E-state index contributed by atoms with van der Waals surface area (Å²) in [7, 11) is 0. The molecule has 0 spiro atoms. The summed E-state index contributed by atoms with van der Waals surface area (Å²) in [6, 6.07) is 5.56. The molecule has 0 bridgehead atoms. The fourth-order valence-corrected chi connectivity index (χ4v) is 1.93. The van der Waals surface area contributed by atoms with Crippen molar-refractivity contribution in [3.63, 3.8) is 0 Å². The molecule has 1 atom stereocenters. The largest absolute Gasteiger partial charge is 0.443 e. The Hall–Kier alpha value is -1.39. The Morgan fingerprint density at radius 2 is 2.33 bits per heavy atom. The second-order valence-corrected chi connectivity index (χ2v) is 3.87. The van der Waals surface area contributed by atoms with Crippen molar-refractivity contribution in [2.24, 2.45) is 0 Å². The molecule has 2 heterocycles. The van der Waals surface area contributed by atoms with Crippen molar-refractivity contribution >= 4 is 11.1 Å². The van der Waals surface area contributed by atoms with Crippen molar-refractivity contribution in [3.8, 4) is 0 Å². The highest BCUT2D eigenvalue weighted by Gasteiger charge is 2.34. The Kier molecular flexibility index (Phi) is 1.81. The molecule has 1 unspecified atom stereocenters. The second kappa shape index (κ2) is 3.05. The molecule has 1 aliphatic rings. The fourth-order valence-electron chi connectivity index (χ4n) is 1.93. The number of oxazole rings is 1. The van der Waals surface area contributed by atoms with E-state index in [2.05, 4.69) is 4.98 Å². The molecule has 78 valence electrons. The molecule has 3 rings (SSSR count). The van der Waals surface area contributed by atoms with Crippen LogP contribution >= 0.6 is 0 Å². The number of ether oxygens (including phenoxy) is 1. The van der Waals surface area contributed by atoms with E-state index < -0.39 is 5.60 Å². The van der Waals surface area contributed by atoms with Gasteiger partial charge in [0.05, 0.1) is 6.61 Å². The highest BCUT2D eigenvalue weighted by Crippen LogP contribution is 2.31. The van der Waals surface area contributed by atoms with Gasteiger partial charge in [-0.1, -0.05) is 6.07 Å². The number of hydrogen-bond acceptors (Lipinski definition) is 4. The number of rotatable bonds is 1. The van der Waals surface area contributed by atoms with Gasteiger partial charge in [0.1, 0.15) is 11.1 Å². The maximum atomic E-state index is 10.3. The van der Waals surface area contributed by atoms with E-state index in [0.29, 0.717) is 25.2 Å². The van der Waals surface area contributed by atoms with Gasteiger partial charge in [-0.25, -0.2) is 4.98 Å². The Bertz CT molecular complexity index is 485. The van der Waals surface area contributed by atoms with E-state index in [1.54, 1.807) is 0 Å². The van der Waals surface area contributed by atoms with E-state index in [4.69, 9.17) is 9.15 Å². The van der Waals surface area contributed by atoms with Crippen LogP contribution in [0.15, 0.2) is 29.0 Å². The van der Waals surface area contributed by atoms with Gasteiger partial charge in [0.25, 0.3) is 0 Å². The number of hydrogen-bond donors (Lipinski definition) is 1. The average Bonchev–Trinajstić information content (AvgIpc) is 2.85. The van der Waals surface area contributed by atoms with E-state index in [1.807, 2.05) is 18.2 Å². The molecule has 1 aliphatic heterocycles. The summed E-state index contributed by atoms with van der Waals surface area (Å²) in [5.74, 6) is 0. The number of fused-ring (bicyclic) bond motifs is 1. The summed E-state index contributed by atoms with van der Waals surface area (Å²) >= 11 is 0. The van der Waals surface area contributed by atoms with Crippen LogP contribution in [0.25, 0.3) is 11.1 Å². The molecule has 1 fully saturated rings. The predicted octanol–water partition coefficient (Wildman–Crippen LogP) is 1.44. The molecule has 1 aromatic heterocycles. The van der Waals surface area contributed by atoms with Crippen molar-refractivity contribution in [3.05, 3.63) is 30.2 Å². The normalized spacial score (nSPS) is 26.2. The van der Waals surface area contributed by atoms with Crippen molar-refractivity contribution in [2.45, 2.75) is 12.0 Å². The first-order chi connectivity index (χ1) is 7.28. The monoisotopic (exact) mass is 205 g/mol. The Morgan fingerprint density at radius 1 is 1.40 bits per heavy atom. The predicted molar refractivity (Wildman–Crippen MR) is 53.3 cm³/mol. The van der Waals surface area contributed by atoms with Crippen LogP contribution in [0.3, 0.4) is 0 Å². The van der Waals surface area contributed by atoms with Crippen molar-refractivity contribution in [2.75, 3.05) is 13.2 Å². The molecule has 1 saturated heterocycles. The molecule has 0 aliphatic carbocycles. The molecule has 4 heteroatoms. The van der Waals surface area contributed by atoms with Crippen LogP contribution in [0.2, 0.25) is 0 Å². The number of aliphatic hydroxyl groups is 1. The van der Waals surface area contributed by atoms with E-state index in [0.717, 1.165) is 11.1 Å². The SMILES string of the molecule is OC1(c2ccc3ncoc3c2)CCOC1. The second-order valence-electron chi connectivity index (χ2n) is 3.87. The zero-order valence-electron chi connectivity index (χ0n) is 8.14. The van der Waals surface area contributed by atoms with Gasteiger partial charge in [-0.2, -0.15) is 0 Å². The maximum absolute atomic E-state index is 10.3. The molecule has 2 aromatic rings. The summed E-state index contributed by atoms with van der Waals surface area (Å²) in [5, 5.41) is 10.3. The average molecular weight is 205 g/mol. The lowest BCUT2D eigenvalue weighted by Gasteiger charge is -2.20. The summed E-state index contributed by atoms with van der Waals surface area (Å²) in [4.78, 5) is 4.03. The minimum absolute atomic E-state index is 0.354. The number of aromatic nitrogens is 1. The minimum Gasteiger partial charge on any atom is -0.443 e. The molecule has 0 amide bonds. The lowest BCUT2D eigenvalue weighted by molar-refractivity contribution is 0.0232. The van der Waals surface area contributed by atoms with E-state index >= 15 is 0 Å². The lowest BCUT2D eigenvalue weighted by atomic mass is 9.93. The molecular weight excluding hydrogens is 194 g/mol. The van der Waals surface area contributed by atoms with Crippen LogP contribution < -0.4 is 0 Å². The van der Waals surface area contributed by atoms with Crippen LogP contribution in [0, 0.1) is 0 Å². The van der Waals surface area contributed by atoms with Crippen LogP contribution in [-0.4, -0.2) is 23.3 Å². The topological polar surface area (TPSA) is 55.5 Å². The molecule has 1 N–H and O–H groups in total. The zero-order valence-corrected chi connectivity index (χ0v) is 8.14. The highest BCUT2D eigenvalue weighted by atomic mass is 16.5. The highest BCUT2D eigenvalue weighted by molar-refractivity contribution is 5.73. The van der Waals surface area contributed by atoms with Gasteiger partial charge < -0.3 is 14.3 Å². The number of benzene rings is 1. The maximum Gasteiger partial charge on any atom is 0.181 e. The lowest BCUT2D eigenvalue weighted by Crippen LogP contribution is -2.25. The van der Waals surface area contributed by atoms with Gasteiger partial charge in [0.2, 0.25) is 0 Å². The first-order valence-corrected chi connectivity index (χ1v) is 4.92. The first kappa shape index (κ1) is 8.88. The molecule has 0 radical (unpaired) electrons. The molecule has 4 nitrogen and oxygen atoms in total. The molecule has 15 heavy (non-hydrogen) atoms. The van der Waals surface area contributed by atoms with Gasteiger partial charge in [-0.3, -0.25) is 0 Å². The third kappa shape index (κ3) is 1.33. The summed E-state index contributed by atoms with van der Waals surface area (Å²) < 4.78 is 10.4. The van der Waals surface area contributed by atoms with Gasteiger partial charge in [0, 0.05) is 13.0 Å². The van der Waals surface area contributed by atoms with Crippen LogP contribution in [0.4, 0.5) is 0 Å². The minimum atomic E-state index is -0.860. The van der Waals surface area contributed by atoms with Crippen molar-refractivity contribution in [1.82, 2.24) is 4.98 Å².